The van der Waals surface area contributed by atoms with Gasteiger partial charge in [-0.25, -0.2) is 17.9 Å². The highest BCUT2D eigenvalue weighted by Crippen LogP contribution is 2.33. The average molecular weight is 556 g/mol. The van der Waals surface area contributed by atoms with Crippen LogP contribution in [0, 0.1) is 41.5 Å². The van der Waals surface area contributed by atoms with Gasteiger partial charge in [-0.1, -0.05) is 35.4 Å². The molecular formula is C33H35N2O2S2+. The summed E-state index contributed by atoms with van der Waals surface area (Å²) < 4.78 is 28.8. The van der Waals surface area contributed by atoms with Crippen molar-refractivity contribution in [1.82, 2.24) is 0 Å². The lowest BCUT2D eigenvalue weighted by atomic mass is 10.1. The van der Waals surface area contributed by atoms with Gasteiger partial charge in [0.1, 0.15) is 24.5 Å². The quantitative estimate of drug-likeness (QED) is 0.239. The lowest BCUT2D eigenvalue weighted by Crippen LogP contribution is -2.20. The molecule has 39 heavy (non-hydrogen) atoms. The highest BCUT2D eigenvalue weighted by molar-refractivity contribution is 7.85. The van der Waals surface area contributed by atoms with Crippen LogP contribution in [0.5, 0.6) is 0 Å². The fourth-order valence-electron chi connectivity index (χ4n) is 5.39. The molecule has 0 saturated carbocycles. The van der Waals surface area contributed by atoms with Crippen LogP contribution in [0.25, 0.3) is 0 Å². The average Bonchev–Trinajstić information content (AvgIpc) is 3.36. The molecule has 2 unspecified atom stereocenters. The fraction of sp³-hybridized carbons (Fsp3) is 0.242. The van der Waals surface area contributed by atoms with Crippen LogP contribution in [0.2, 0.25) is 0 Å². The van der Waals surface area contributed by atoms with Gasteiger partial charge in [0.25, 0.3) is 0 Å². The lowest BCUT2D eigenvalue weighted by Gasteiger charge is -2.15. The standard InChI is InChI=1S/C33H35N2O2S2/c1-22-7-11-28(12-8-22)38(36)30-17-24(3)32(25(4)18-30)34-15-16-35(21-34)33-26(5)19-31(20-27(33)6)39(37)29-13-9-23(2)10-14-29/h7-14,17-21H,15-16H2,1-6H3/q+1. The zero-order valence-corrected chi connectivity index (χ0v) is 25.1. The van der Waals surface area contributed by atoms with E-state index in [0.29, 0.717) is 0 Å². The monoisotopic (exact) mass is 555 g/mol. The lowest BCUT2D eigenvalue weighted by molar-refractivity contribution is -0.425. The van der Waals surface area contributed by atoms with Crippen molar-refractivity contribution in [3.8, 4) is 0 Å². The van der Waals surface area contributed by atoms with E-state index in [1.807, 2.05) is 62.4 Å². The van der Waals surface area contributed by atoms with Crippen molar-refractivity contribution in [2.75, 3.05) is 18.0 Å². The Bertz CT molecular complexity index is 1590. The van der Waals surface area contributed by atoms with Gasteiger partial charge in [-0.3, -0.25) is 0 Å². The Morgan fingerprint density at radius 2 is 1.00 bits per heavy atom. The molecule has 1 aliphatic rings. The van der Waals surface area contributed by atoms with Gasteiger partial charge < -0.3 is 0 Å². The van der Waals surface area contributed by atoms with Crippen LogP contribution in [0.15, 0.2) is 92.4 Å². The number of anilines is 1. The molecule has 0 spiro atoms. The molecule has 0 aliphatic carbocycles. The van der Waals surface area contributed by atoms with Gasteiger partial charge >= 0.3 is 0 Å². The predicted molar refractivity (Wildman–Crippen MR) is 162 cm³/mol. The van der Waals surface area contributed by atoms with Crippen molar-refractivity contribution in [1.29, 1.82) is 0 Å². The number of hydrogen-bond donors (Lipinski definition) is 0. The van der Waals surface area contributed by atoms with Crippen LogP contribution in [0.1, 0.15) is 33.4 Å². The van der Waals surface area contributed by atoms with Crippen molar-refractivity contribution in [2.24, 2.45) is 0 Å². The summed E-state index contributed by atoms with van der Waals surface area (Å²) in [4.78, 5) is 5.60. The number of nitrogens with zero attached hydrogens (tertiary/aromatic N) is 2. The maximum Gasteiger partial charge on any atom is 0.244 e. The smallest absolute Gasteiger partial charge is 0.244 e. The molecule has 1 aliphatic heterocycles. The van der Waals surface area contributed by atoms with E-state index >= 15 is 0 Å². The summed E-state index contributed by atoms with van der Waals surface area (Å²) in [6.45, 7) is 14.2. The van der Waals surface area contributed by atoms with Gasteiger partial charge in [0, 0.05) is 19.6 Å². The molecule has 0 radical (unpaired) electrons. The minimum atomic E-state index is -1.21. The van der Waals surface area contributed by atoms with Gasteiger partial charge in [0.2, 0.25) is 6.34 Å². The summed E-state index contributed by atoms with van der Waals surface area (Å²) in [6, 6.07) is 24.0. The van der Waals surface area contributed by atoms with E-state index in [0.717, 1.165) is 77.4 Å². The molecule has 5 rings (SSSR count). The molecule has 200 valence electrons. The van der Waals surface area contributed by atoms with Crippen molar-refractivity contribution in [3.05, 3.63) is 106 Å². The Labute approximate surface area is 236 Å². The zero-order valence-electron chi connectivity index (χ0n) is 23.4. The Hall–Kier alpha value is -3.35. The number of benzene rings is 4. The topological polar surface area (TPSA) is 40.4 Å². The van der Waals surface area contributed by atoms with E-state index in [1.54, 1.807) is 0 Å². The number of aryl methyl sites for hydroxylation is 6. The third-order valence-corrected chi connectivity index (χ3v) is 9.99. The van der Waals surface area contributed by atoms with E-state index in [2.05, 4.69) is 67.8 Å². The second-order valence-corrected chi connectivity index (χ2v) is 13.4. The van der Waals surface area contributed by atoms with Gasteiger partial charge in [-0.15, -0.1) is 0 Å². The van der Waals surface area contributed by atoms with Crippen LogP contribution in [0.4, 0.5) is 11.4 Å². The Kier molecular flexibility index (Phi) is 7.70. The molecule has 4 aromatic rings. The molecule has 2 atom stereocenters. The predicted octanol–water partition coefficient (Wildman–Crippen LogP) is 7.06. The maximum atomic E-state index is 13.2. The minimum absolute atomic E-state index is 0.823. The van der Waals surface area contributed by atoms with E-state index in [4.69, 9.17) is 0 Å². The summed E-state index contributed by atoms with van der Waals surface area (Å²) in [7, 11) is -2.43. The second kappa shape index (κ2) is 11.0. The molecule has 0 bridgehead atoms. The van der Waals surface area contributed by atoms with Crippen LogP contribution in [-0.2, 0) is 21.6 Å². The first-order valence-electron chi connectivity index (χ1n) is 13.2. The summed E-state index contributed by atoms with van der Waals surface area (Å²) in [5, 5.41) is 0. The van der Waals surface area contributed by atoms with Crippen molar-refractivity contribution < 1.29 is 13.0 Å². The Morgan fingerprint density at radius 3 is 1.44 bits per heavy atom. The van der Waals surface area contributed by atoms with Crippen LogP contribution < -0.4 is 4.90 Å². The first kappa shape index (κ1) is 27.2. The van der Waals surface area contributed by atoms with E-state index in [9.17, 15) is 8.42 Å². The van der Waals surface area contributed by atoms with Crippen LogP contribution >= 0.6 is 0 Å². The van der Waals surface area contributed by atoms with Gasteiger partial charge in [0.05, 0.1) is 21.6 Å². The fourth-order valence-corrected chi connectivity index (χ4v) is 7.83. The molecule has 0 aromatic heterocycles. The van der Waals surface area contributed by atoms with E-state index in [-0.39, 0.29) is 0 Å². The second-order valence-electron chi connectivity index (χ2n) is 10.5. The third kappa shape index (κ3) is 5.54. The van der Waals surface area contributed by atoms with Crippen molar-refractivity contribution in [2.45, 2.75) is 61.1 Å². The first-order chi connectivity index (χ1) is 18.6. The summed E-state index contributed by atoms with van der Waals surface area (Å²) in [5.41, 5.74) is 9.09. The maximum absolute atomic E-state index is 13.2. The highest BCUT2D eigenvalue weighted by atomic mass is 32.2. The molecule has 0 fully saturated rings. The Balaban J connectivity index is 1.42. The van der Waals surface area contributed by atoms with Crippen molar-refractivity contribution in [3.63, 3.8) is 0 Å². The number of hydrogen-bond acceptors (Lipinski definition) is 3. The van der Waals surface area contributed by atoms with Crippen LogP contribution in [0.3, 0.4) is 0 Å². The highest BCUT2D eigenvalue weighted by Gasteiger charge is 2.28. The summed E-state index contributed by atoms with van der Waals surface area (Å²) in [6.07, 6.45) is 2.18. The normalized spacial score (nSPS) is 14.8. The zero-order chi connectivity index (χ0) is 27.8. The Morgan fingerprint density at radius 1 is 0.590 bits per heavy atom. The largest absolute Gasteiger partial charge is 0.249 e. The SMILES string of the molecule is Cc1ccc(S(=O)c2cc(C)c(N3C=[N+](c4c(C)cc(S(=O)c5ccc(C)cc5)cc4C)CC3)c(C)c2)cc1. The summed E-state index contributed by atoms with van der Waals surface area (Å²) in [5.74, 6) is 0. The van der Waals surface area contributed by atoms with Crippen LogP contribution in [-0.4, -0.2) is 32.4 Å². The molecule has 0 saturated heterocycles. The summed E-state index contributed by atoms with van der Waals surface area (Å²) >= 11 is 0. The van der Waals surface area contributed by atoms with Gasteiger partial charge in [-0.2, -0.15) is 0 Å². The van der Waals surface area contributed by atoms with E-state index in [1.165, 1.54) is 0 Å². The first-order valence-corrected chi connectivity index (χ1v) is 15.5. The van der Waals surface area contributed by atoms with Gasteiger partial charge in [-0.05, 0) is 112 Å². The third-order valence-electron chi connectivity index (χ3n) is 7.26. The minimum Gasteiger partial charge on any atom is -0.249 e. The van der Waals surface area contributed by atoms with Crippen molar-refractivity contribution >= 4 is 39.3 Å². The molecule has 1 heterocycles. The molecule has 4 nitrogen and oxygen atoms in total. The van der Waals surface area contributed by atoms with Gasteiger partial charge in [0.15, 0.2) is 0 Å². The molecule has 4 aromatic carbocycles. The molecule has 0 amide bonds. The molecule has 6 heteroatoms. The molecular weight excluding hydrogens is 521 g/mol. The number of rotatable bonds is 6. The van der Waals surface area contributed by atoms with E-state index < -0.39 is 21.6 Å². The molecule has 0 N–H and O–H groups in total.